The van der Waals surface area contributed by atoms with Crippen LogP contribution in [0.4, 0.5) is 4.79 Å². The van der Waals surface area contributed by atoms with Crippen LogP contribution in [-0.4, -0.2) is 25.7 Å². The van der Waals surface area contributed by atoms with Gasteiger partial charge in [0.15, 0.2) is 6.10 Å². The molecule has 3 rings (SSSR count). The number of hydrogen-bond donors (Lipinski definition) is 0. The minimum atomic E-state index is -0.653. The molecule has 0 bridgehead atoms. The fourth-order valence-electron chi connectivity index (χ4n) is 2.58. The number of carbonyl (C=O) groups excluding carboxylic acids is 1. The van der Waals surface area contributed by atoms with Crippen LogP contribution in [0.5, 0.6) is 0 Å². The van der Waals surface area contributed by atoms with Crippen molar-refractivity contribution < 1.29 is 19.0 Å². The molecular formula is C16H16O4. The largest absolute Gasteiger partial charge is 0.511 e. The zero-order valence-electron chi connectivity index (χ0n) is 11.2. The second-order valence-corrected chi connectivity index (χ2v) is 4.81. The predicted octanol–water partition coefficient (Wildman–Crippen LogP) is 3.28. The maximum absolute atomic E-state index is 11.1. The fraction of sp³-hybridized carbons (Fsp3) is 0.312. The minimum Gasteiger partial charge on any atom is -0.424 e. The highest BCUT2D eigenvalue weighted by Crippen LogP contribution is 2.24. The molecule has 2 atom stereocenters. The van der Waals surface area contributed by atoms with Crippen molar-refractivity contribution in [2.24, 2.45) is 0 Å². The van der Waals surface area contributed by atoms with Crippen molar-refractivity contribution in [1.29, 1.82) is 0 Å². The van der Waals surface area contributed by atoms with Gasteiger partial charge in [0.05, 0.1) is 0 Å². The number of rotatable bonds is 4. The quantitative estimate of drug-likeness (QED) is 0.801. The third-order valence-electron chi connectivity index (χ3n) is 3.57. The van der Waals surface area contributed by atoms with Gasteiger partial charge in [0.1, 0.15) is 0 Å². The molecule has 0 radical (unpaired) electrons. The van der Waals surface area contributed by atoms with E-state index in [1.54, 1.807) is 0 Å². The van der Waals surface area contributed by atoms with E-state index in [0.29, 0.717) is 6.42 Å². The first-order valence-electron chi connectivity index (χ1n) is 6.64. The molecular weight excluding hydrogens is 256 g/mol. The molecule has 1 aliphatic heterocycles. The van der Waals surface area contributed by atoms with Crippen LogP contribution in [-0.2, 0) is 20.6 Å². The number of ether oxygens (including phenoxy) is 3. The van der Waals surface area contributed by atoms with Gasteiger partial charge in [-0.05, 0) is 29.2 Å². The number of methoxy groups -OCH3 is 1. The molecule has 4 heteroatoms. The van der Waals surface area contributed by atoms with Gasteiger partial charge in [0, 0.05) is 7.11 Å². The van der Waals surface area contributed by atoms with E-state index in [0.717, 1.165) is 6.42 Å². The summed E-state index contributed by atoms with van der Waals surface area (Å²) in [6.45, 7) is 0. The van der Waals surface area contributed by atoms with E-state index in [2.05, 4.69) is 24.3 Å². The van der Waals surface area contributed by atoms with Crippen molar-refractivity contribution in [3.05, 3.63) is 48.0 Å². The van der Waals surface area contributed by atoms with Crippen molar-refractivity contribution in [2.45, 2.75) is 25.2 Å². The van der Waals surface area contributed by atoms with Gasteiger partial charge in [-0.2, -0.15) is 0 Å². The van der Waals surface area contributed by atoms with Crippen LogP contribution >= 0.6 is 0 Å². The molecule has 4 nitrogen and oxygen atoms in total. The highest BCUT2D eigenvalue weighted by atomic mass is 16.8. The van der Waals surface area contributed by atoms with Gasteiger partial charge >= 0.3 is 6.16 Å². The molecule has 0 aliphatic carbocycles. The summed E-state index contributed by atoms with van der Waals surface area (Å²) >= 11 is 0. The Morgan fingerprint density at radius 2 is 1.90 bits per heavy atom. The predicted molar refractivity (Wildman–Crippen MR) is 74.4 cm³/mol. The molecule has 0 N–H and O–H groups in total. The van der Waals surface area contributed by atoms with Crippen molar-refractivity contribution in [3.8, 4) is 0 Å². The summed E-state index contributed by atoms with van der Waals surface area (Å²) in [5.74, 6) is 0. The molecule has 1 aliphatic rings. The number of aryl methyl sites for hydroxylation is 1. The summed E-state index contributed by atoms with van der Waals surface area (Å²) < 4.78 is 15.1. The number of benzene rings is 2. The first-order chi connectivity index (χ1) is 9.78. The molecule has 104 valence electrons. The summed E-state index contributed by atoms with van der Waals surface area (Å²) in [7, 11) is 1.51. The number of carbonyl (C=O) groups is 1. The lowest BCUT2D eigenvalue weighted by Crippen LogP contribution is -2.24. The van der Waals surface area contributed by atoms with Crippen molar-refractivity contribution >= 4 is 16.9 Å². The topological polar surface area (TPSA) is 44.8 Å². The van der Waals surface area contributed by atoms with Crippen molar-refractivity contribution in [1.82, 2.24) is 0 Å². The van der Waals surface area contributed by atoms with E-state index in [9.17, 15) is 4.79 Å². The van der Waals surface area contributed by atoms with Gasteiger partial charge < -0.3 is 14.2 Å². The smallest absolute Gasteiger partial charge is 0.424 e. The average Bonchev–Trinajstić information content (AvgIpc) is 2.85. The Morgan fingerprint density at radius 3 is 2.75 bits per heavy atom. The third-order valence-corrected chi connectivity index (χ3v) is 3.57. The van der Waals surface area contributed by atoms with Crippen LogP contribution in [0.2, 0.25) is 0 Å². The molecule has 20 heavy (non-hydrogen) atoms. The third kappa shape index (κ3) is 2.47. The van der Waals surface area contributed by atoms with Gasteiger partial charge in [0.2, 0.25) is 6.29 Å². The van der Waals surface area contributed by atoms with Crippen molar-refractivity contribution in [2.75, 3.05) is 7.11 Å². The Kier molecular flexibility index (Phi) is 3.56. The maximum atomic E-state index is 11.1. The number of cyclic esters (lactones) is 2. The van der Waals surface area contributed by atoms with Crippen molar-refractivity contribution in [3.63, 3.8) is 0 Å². The molecule has 0 aromatic heterocycles. The number of fused-ring (bicyclic) bond motifs is 1. The van der Waals surface area contributed by atoms with Gasteiger partial charge in [-0.3, -0.25) is 0 Å². The average molecular weight is 272 g/mol. The minimum absolute atomic E-state index is 0.341. The van der Waals surface area contributed by atoms with E-state index >= 15 is 0 Å². The van der Waals surface area contributed by atoms with Gasteiger partial charge in [-0.25, -0.2) is 4.79 Å². The molecule has 0 spiro atoms. The summed E-state index contributed by atoms with van der Waals surface area (Å²) in [5, 5.41) is 2.45. The fourth-order valence-corrected chi connectivity index (χ4v) is 2.58. The normalized spacial score (nSPS) is 21.8. The highest BCUT2D eigenvalue weighted by Gasteiger charge is 2.36. The van der Waals surface area contributed by atoms with Gasteiger partial charge in [0.25, 0.3) is 0 Å². The highest BCUT2D eigenvalue weighted by molar-refractivity contribution is 5.85. The van der Waals surface area contributed by atoms with E-state index in [-0.39, 0.29) is 6.10 Å². The number of hydrogen-bond acceptors (Lipinski definition) is 4. The zero-order chi connectivity index (χ0) is 13.9. The monoisotopic (exact) mass is 272 g/mol. The lowest BCUT2D eigenvalue weighted by atomic mass is 9.99. The SMILES string of the molecule is COC1OC(=O)OC1CCc1cccc2ccccc12. The van der Waals surface area contributed by atoms with Gasteiger partial charge in [-0.15, -0.1) is 0 Å². The van der Waals surface area contributed by atoms with Crippen LogP contribution in [0, 0.1) is 0 Å². The van der Waals surface area contributed by atoms with Crippen LogP contribution in [0.3, 0.4) is 0 Å². The Hall–Kier alpha value is -2.07. The Balaban J connectivity index is 1.75. The molecule has 1 heterocycles. The summed E-state index contributed by atoms with van der Waals surface area (Å²) in [6, 6.07) is 14.5. The lowest BCUT2D eigenvalue weighted by Gasteiger charge is -2.14. The van der Waals surface area contributed by atoms with E-state index in [1.165, 1.54) is 23.4 Å². The zero-order valence-corrected chi connectivity index (χ0v) is 11.2. The summed E-state index contributed by atoms with van der Waals surface area (Å²) in [4.78, 5) is 11.1. The van der Waals surface area contributed by atoms with Crippen LogP contribution in [0.15, 0.2) is 42.5 Å². The lowest BCUT2D eigenvalue weighted by molar-refractivity contribution is -0.0780. The summed E-state index contributed by atoms with van der Waals surface area (Å²) in [6.07, 6.45) is -0.107. The summed E-state index contributed by atoms with van der Waals surface area (Å²) in [5.41, 5.74) is 1.24. The Labute approximate surface area is 117 Å². The van der Waals surface area contributed by atoms with Gasteiger partial charge in [-0.1, -0.05) is 42.5 Å². The molecule has 1 saturated heterocycles. The molecule has 0 amide bonds. The molecule has 2 aromatic rings. The first kappa shape index (κ1) is 12.9. The first-order valence-corrected chi connectivity index (χ1v) is 6.64. The Bertz CT molecular complexity index is 617. The van der Waals surface area contributed by atoms with Crippen LogP contribution in [0.1, 0.15) is 12.0 Å². The molecule has 0 saturated carbocycles. The maximum Gasteiger partial charge on any atom is 0.511 e. The molecule has 2 aromatic carbocycles. The Morgan fingerprint density at radius 1 is 1.10 bits per heavy atom. The second kappa shape index (κ2) is 5.51. The standard InChI is InChI=1S/C16H16O4/c1-18-15-14(19-16(17)20-15)10-9-12-7-4-6-11-5-2-3-8-13(11)12/h2-8,14-15H,9-10H2,1H3. The van der Waals surface area contributed by atoms with E-state index < -0.39 is 12.4 Å². The molecule has 2 unspecified atom stereocenters. The van der Waals surface area contributed by atoms with Crippen LogP contribution < -0.4 is 0 Å². The van der Waals surface area contributed by atoms with Crippen LogP contribution in [0.25, 0.3) is 10.8 Å². The van der Waals surface area contributed by atoms with E-state index in [1.807, 2.05) is 18.2 Å². The second-order valence-electron chi connectivity index (χ2n) is 4.81. The molecule has 1 fully saturated rings. The van der Waals surface area contributed by atoms with E-state index in [4.69, 9.17) is 14.2 Å².